The first-order valence-electron chi connectivity index (χ1n) is 17.9. The summed E-state index contributed by atoms with van der Waals surface area (Å²) >= 11 is 0. The van der Waals surface area contributed by atoms with Crippen LogP contribution in [0.4, 0.5) is 5.69 Å². The molecule has 6 aromatic rings. The first-order valence-corrected chi connectivity index (χ1v) is 17.9. The third kappa shape index (κ3) is 7.56. The molecule has 5 aromatic carbocycles. The van der Waals surface area contributed by atoms with Crippen LogP contribution < -0.4 is 5.32 Å². The van der Waals surface area contributed by atoms with Gasteiger partial charge < -0.3 is 9.88 Å². The predicted octanol–water partition coefficient (Wildman–Crippen LogP) is 13.7. The lowest BCUT2D eigenvalue weighted by atomic mass is 9.93. The molecular weight excluding hydrogens is 617 g/mol. The Morgan fingerprint density at radius 1 is 0.725 bits per heavy atom. The first-order chi connectivity index (χ1) is 25.1. The van der Waals surface area contributed by atoms with Gasteiger partial charge in [0.05, 0.1) is 11.0 Å². The number of rotatable bonds is 11. The summed E-state index contributed by atoms with van der Waals surface area (Å²) in [5.74, 6) is 0. The van der Waals surface area contributed by atoms with Crippen molar-refractivity contribution in [1.29, 1.82) is 0 Å². The summed E-state index contributed by atoms with van der Waals surface area (Å²) in [6.07, 6.45) is 21.5. The third-order valence-corrected chi connectivity index (χ3v) is 9.67. The van der Waals surface area contributed by atoms with E-state index in [4.69, 9.17) is 0 Å². The number of allylic oxidation sites excluding steroid dienone is 11. The van der Waals surface area contributed by atoms with Crippen molar-refractivity contribution in [2.75, 3.05) is 5.32 Å². The number of aromatic nitrogens is 1. The van der Waals surface area contributed by atoms with Gasteiger partial charge in [-0.15, -0.1) is 0 Å². The zero-order chi connectivity index (χ0) is 35.0. The van der Waals surface area contributed by atoms with Crippen molar-refractivity contribution in [1.82, 2.24) is 4.57 Å². The van der Waals surface area contributed by atoms with Gasteiger partial charge in [-0.25, -0.2) is 0 Å². The van der Waals surface area contributed by atoms with Crippen molar-refractivity contribution in [3.63, 3.8) is 0 Å². The highest BCUT2D eigenvalue weighted by molar-refractivity contribution is 6.10. The van der Waals surface area contributed by atoms with Gasteiger partial charge in [0.15, 0.2) is 0 Å². The largest absolute Gasteiger partial charge is 0.362 e. The van der Waals surface area contributed by atoms with Crippen LogP contribution in [0, 0.1) is 0 Å². The molecule has 1 N–H and O–H groups in total. The lowest BCUT2D eigenvalue weighted by Crippen LogP contribution is -1.97. The van der Waals surface area contributed by atoms with Crippen LogP contribution in [-0.2, 0) is 0 Å². The van der Waals surface area contributed by atoms with E-state index in [0.29, 0.717) is 0 Å². The summed E-state index contributed by atoms with van der Waals surface area (Å²) in [5.41, 5.74) is 14.1. The van der Waals surface area contributed by atoms with Crippen LogP contribution in [-0.4, -0.2) is 4.57 Å². The molecule has 0 unspecified atom stereocenters. The number of nitrogens with zero attached hydrogens (tertiary/aromatic N) is 1. The average molecular weight is 661 g/mol. The Bertz CT molecular complexity index is 2370. The molecule has 0 bridgehead atoms. The molecule has 1 heterocycles. The zero-order valence-electron chi connectivity index (χ0n) is 29.4. The highest BCUT2D eigenvalue weighted by atomic mass is 15.0. The third-order valence-electron chi connectivity index (χ3n) is 9.67. The summed E-state index contributed by atoms with van der Waals surface area (Å²) in [6.45, 7) is 10.5. The highest BCUT2D eigenvalue weighted by Crippen LogP contribution is 2.36. The van der Waals surface area contributed by atoms with Crippen molar-refractivity contribution in [2.45, 2.75) is 32.6 Å². The Kier molecular flexibility index (Phi) is 10.2. The van der Waals surface area contributed by atoms with Gasteiger partial charge in [0.1, 0.15) is 0 Å². The molecule has 0 saturated carbocycles. The summed E-state index contributed by atoms with van der Waals surface area (Å²) in [4.78, 5) is 0. The molecular formula is C49H44N2. The molecule has 0 spiro atoms. The summed E-state index contributed by atoms with van der Waals surface area (Å²) < 4.78 is 2.41. The fourth-order valence-corrected chi connectivity index (χ4v) is 6.98. The van der Waals surface area contributed by atoms with Crippen LogP contribution in [0.3, 0.4) is 0 Å². The van der Waals surface area contributed by atoms with Crippen LogP contribution >= 0.6 is 0 Å². The monoisotopic (exact) mass is 660 g/mol. The lowest BCUT2D eigenvalue weighted by Gasteiger charge is -2.15. The van der Waals surface area contributed by atoms with Gasteiger partial charge in [0.25, 0.3) is 0 Å². The second-order valence-corrected chi connectivity index (χ2v) is 13.1. The van der Waals surface area contributed by atoms with Crippen LogP contribution in [0.15, 0.2) is 194 Å². The molecule has 51 heavy (non-hydrogen) atoms. The van der Waals surface area contributed by atoms with Crippen molar-refractivity contribution in [3.05, 3.63) is 205 Å². The molecule has 1 aliphatic rings. The Morgan fingerprint density at radius 3 is 2.35 bits per heavy atom. The van der Waals surface area contributed by atoms with Crippen molar-refractivity contribution in [3.8, 4) is 16.8 Å². The fraction of sp³-hybridized carbons (Fsp3) is 0.102. The van der Waals surface area contributed by atoms with Gasteiger partial charge in [-0.2, -0.15) is 0 Å². The lowest BCUT2D eigenvalue weighted by molar-refractivity contribution is 0.742. The molecule has 7 rings (SSSR count). The minimum Gasteiger partial charge on any atom is -0.362 e. The summed E-state index contributed by atoms with van der Waals surface area (Å²) in [7, 11) is 0. The topological polar surface area (TPSA) is 17.0 Å². The van der Waals surface area contributed by atoms with Gasteiger partial charge >= 0.3 is 0 Å². The van der Waals surface area contributed by atoms with E-state index in [9.17, 15) is 0 Å². The average Bonchev–Trinajstić information content (AvgIpc) is 3.52. The van der Waals surface area contributed by atoms with E-state index < -0.39 is 0 Å². The number of para-hydroxylation sites is 1. The van der Waals surface area contributed by atoms with Crippen LogP contribution in [0.1, 0.15) is 43.7 Å². The van der Waals surface area contributed by atoms with Gasteiger partial charge in [0.2, 0.25) is 0 Å². The van der Waals surface area contributed by atoms with Gasteiger partial charge in [-0.05, 0) is 126 Å². The first kappa shape index (κ1) is 33.4. The Hall–Kier alpha value is -6.12. The van der Waals surface area contributed by atoms with E-state index in [2.05, 4.69) is 163 Å². The molecule has 2 nitrogen and oxygen atoms in total. The predicted molar refractivity (Wildman–Crippen MR) is 222 cm³/mol. The van der Waals surface area contributed by atoms with E-state index >= 15 is 0 Å². The second kappa shape index (κ2) is 15.6. The van der Waals surface area contributed by atoms with Crippen LogP contribution in [0.25, 0.3) is 49.8 Å². The normalized spacial score (nSPS) is 14.0. The molecule has 2 heteroatoms. The molecule has 1 aliphatic carbocycles. The smallest absolute Gasteiger partial charge is 0.0541 e. The molecule has 0 amide bonds. The van der Waals surface area contributed by atoms with E-state index in [1.54, 1.807) is 0 Å². The quantitative estimate of drug-likeness (QED) is 0.137. The molecule has 1 aromatic heterocycles. The maximum atomic E-state index is 4.36. The van der Waals surface area contributed by atoms with Crippen molar-refractivity contribution >= 4 is 38.6 Å². The Balaban J connectivity index is 1.11. The van der Waals surface area contributed by atoms with Crippen molar-refractivity contribution < 1.29 is 0 Å². The van der Waals surface area contributed by atoms with Gasteiger partial charge in [-0.3, -0.25) is 0 Å². The maximum Gasteiger partial charge on any atom is 0.0541 e. The van der Waals surface area contributed by atoms with E-state index in [-0.39, 0.29) is 0 Å². The molecule has 0 atom stereocenters. The molecule has 0 fully saturated rings. The number of benzene rings is 5. The Labute approximate surface area is 302 Å². The molecule has 0 radical (unpaired) electrons. The fourth-order valence-electron chi connectivity index (χ4n) is 6.98. The van der Waals surface area contributed by atoms with Crippen LogP contribution in [0.2, 0.25) is 0 Å². The van der Waals surface area contributed by atoms with Gasteiger partial charge in [-0.1, -0.05) is 128 Å². The minimum absolute atomic E-state index is 0.950. The molecule has 250 valence electrons. The van der Waals surface area contributed by atoms with E-state index in [1.807, 2.05) is 36.6 Å². The number of hydrogen-bond donors (Lipinski definition) is 1. The number of fused-ring (bicyclic) bond motifs is 3. The zero-order valence-corrected chi connectivity index (χ0v) is 29.4. The minimum atomic E-state index is 0.950. The van der Waals surface area contributed by atoms with Crippen LogP contribution in [0.5, 0.6) is 0 Å². The highest BCUT2D eigenvalue weighted by Gasteiger charge is 2.15. The summed E-state index contributed by atoms with van der Waals surface area (Å²) in [5, 5.41) is 5.86. The van der Waals surface area contributed by atoms with Gasteiger partial charge in [0, 0.05) is 28.3 Å². The SMILES string of the molecule is C=C/C=C(\C=C(/C)C(=C)/C=C\C=C/Nc1cccc(-c2ccccc2)c1)c1ccc2c(c1)c1ccccc1n2-c1cccc(C2=CCCCC2)c1. The number of anilines is 1. The summed E-state index contributed by atoms with van der Waals surface area (Å²) in [6, 6.07) is 43.4. The standard InChI is InChI=1S/C49H44N2/c1-4-17-40(32-37(3)36(2)18-13-14-31-50-44-25-15-23-41(33-44)38-19-7-5-8-20-38)43-29-30-49-47(35-43)46-27-11-12-28-48(46)51(49)45-26-16-24-42(34-45)39-21-9-6-10-22-39/h4-5,7-8,11-21,23-35,50H,1-2,6,9-10,22H2,3H3/b18-13-,31-14-,37-32+,40-17+. The molecule has 0 aliphatic heterocycles. The van der Waals surface area contributed by atoms with E-state index in [0.717, 1.165) is 34.4 Å². The van der Waals surface area contributed by atoms with Crippen molar-refractivity contribution in [2.24, 2.45) is 0 Å². The van der Waals surface area contributed by atoms with E-state index in [1.165, 1.54) is 69.0 Å². The number of hydrogen-bond acceptors (Lipinski definition) is 1. The Morgan fingerprint density at radius 2 is 1.51 bits per heavy atom. The molecule has 0 saturated heterocycles. The second-order valence-electron chi connectivity index (χ2n) is 13.1. The number of nitrogens with one attached hydrogen (secondary N) is 1. The maximum absolute atomic E-state index is 4.36.